The van der Waals surface area contributed by atoms with Gasteiger partial charge in [0.15, 0.2) is 0 Å². The molecule has 48 heavy (non-hydrogen) atoms. The quantitative estimate of drug-likeness (QED) is 0.235. The second-order valence-electron chi connectivity index (χ2n) is 12.9. The first kappa shape index (κ1) is 36.7. The topological polar surface area (TPSA) is 131 Å². The maximum atomic E-state index is 14.8. The van der Waals surface area contributed by atoms with Crippen molar-refractivity contribution < 1.29 is 36.9 Å². The number of phenolic OH excluding ortho intramolecular Hbond substituents is 1. The molecule has 2 aliphatic carbocycles. The number of benzene rings is 2. The van der Waals surface area contributed by atoms with Crippen LogP contribution in [0.2, 0.25) is 0 Å². The number of rotatable bonds is 10. The number of aromatic nitrogens is 2. The number of halogens is 1. The Kier molecular flexibility index (Phi) is 12.1. The average molecular weight is 687 g/mol. The van der Waals surface area contributed by atoms with E-state index in [2.05, 4.69) is 9.97 Å². The second-order valence-corrected chi connectivity index (χ2v) is 14.8. The van der Waals surface area contributed by atoms with Gasteiger partial charge in [-0.1, -0.05) is 19.3 Å². The summed E-state index contributed by atoms with van der Waals surface area (Å²) in [6.45, 7) is 8.35. The van der Waals surface area contributed by atoms with Crippen LogP contribution in [-0.2, 0) is 21.3 Å². The van der Waals surface area contributed by atoms with E-state index in [9.17, 15) is 22.7 Å². The molecule has 0 spiro atoms. The molecule has 2 saturated carbocycles. The molecule has 2 aromatic carbocycles. The molecule has 5 rings (SSSR count). The molecule has 1 heterocycles. The molecule has 2 fully saturated rings. The van der Waals surface area contributed by atoms with Crippen LogP contribution in [0.15, 0.2) is 53.8 Å². The van der Waals surface area contributed by atoms with Gasteiger partial charge in [-0.2, -0.15) is 0 Å². The highest BCUT2D eigenvalue weighted by atomic mass is 32.2. The molecule has 1 aromatic heterocycles. The van der Waals surface area contributed by atoms with Crippen LogP contribution in [0.25, 0.3) is 0 Å². The average Bonchev–Trinajstić information content (AvgIpc) is 3.90. The zero-order valence-corrected chi connectivity index (χ0v) is 29.4. The summed E-state index contributed by atoms with van der Waals surface area (Å²) in [5, 5.41) is 10.1. The van der Waals surface area contributed by atoms with E-state index in [-0.39, 0.29) is 35.7 Å². The predicted octanol–water partition coefficient (Wildman–Crippen LogP) is 7.19. The molecule has 1 amide bonds. The van der Waals surface area contributed by atoms with Crippen molar-refractivity contribution in [3.05, 3.63) is 65.9 Å². The van der Waals surface area contributed by atoms with Crippen LogP contribution >= 0.6 is 0 Å². The van der Waals surface area contributed by atoms with Crippen molar-refractivity contribution in [3.63, 3.8) is 0 Å². The Hall–Kier alpha value is -4.13. The first-order valence-electron chi connectivity index (χ1n) is 16.3. The number of nitrogens with zero attached hydrogens (tertiary/aromatic N) is 4. The summed E-state index contributed by atoms with van der Waals surface area (Å²) in [6.07, 6.45) is 10.2. The SMILES string of the molecule is CCN(C(=O)OC(C)(C)C)C1CCCCC1.COc1ccc(CN(c2ccncn2)S(=O)(=O)c2cc(C3CC3)c(O)cc2F)c(OC)c1. The molecule has 0 unspecified atom stereocenters. The smallest absolute Gasteiger partial charge is 0.410 e. The molecule has 2 aliphatic rings. The molecule has 0 saturated heterocycles. The van der Waals surface area contributed by atoms with Crippen molar-refractivity contribution >= 4 is 21.9 Å². The molecular formula is C35H47FN4O7S. The Bertz CT molecular complexity index is 1640. The third-order valence-corrected chi connectivity index (χ3v) is 10.0. The number of hydrogen-bond acceptors (Lipinski definition) is 9. The van der Waals surface area contributed by atoms with Crippen molar-refractivity contribution in [1.29, 1.82) is 0 Å². The summed E-state index contributed by atoms with van der Waals surface area (Å²) in [7, 11) is -1.43. The minimum Gasteiger partial charge on any atom is -0.508 e. The number of aromatic hydroxyl groups is 1. The van der Waals surface area contributed by atoms with E-state index < -0.39 is 20.7 Å². The molecule has 13 heteroatoms. The molecule has 3 aromatic rings. The van der Waals surface area contributed by atoms with E-state index in [0.717, 1.165) is 42.6 Å². The second kappa shape index (κ2) is 15.8. The lowest BCUT2D eigenvalue weighted by Crippen LogP contribution is -2.44. The van der Waals surface area contributed by atoms with E-state index in [0.29, 0.717) is 28.7 Å². The Morgan fingerprint density at radius 2 is 1.73 bits per heavy atom. The fraction of sp³-hybridized carbons (Fsp3) is 0.514. The maximum absolute atomic E-state index is 14.8. The van der Waals surface area contributed by atoms with E-state index in [1.165, 1.54) is 58.1 Å². The van der Waals surface area contributed by atoms with Gasteiger partial charge in [0, 0.05) is 42.5 Å². The number of amides is 1. The van der Waals surface area contributed by atoms with Crippen LogP contribution < -0.4 is 13.8 Å². The van der Waals surface area contributed by atoms with Crippen molar-refractivity contribution in [2.24, 2.45) is 0 Å². The molecule has 1 N–H and O–H groups in total. The number of hydrogen-bond donors (Lipinski definition) is 1. The summed E-state index contributed by atoms with van der Waals surface area (Å²) in [6, 6.07) is 8.87. The van der Waals surface area contributed by atoms with Crippen LogP contribution in [0.5, 0.6) is 17.2 Å². The highest BCUT2D eigenvalue weighted by Crippen LogP contribution is 2.45. The van der Waals surface area contributed by atoms with Gasteiger partial charge in [0.05, 0.1) is 20.8 Å². The maximum Gasteiger partial charge on any atom is 0.410 e. The Morgan fingerprint density at radius 1 is 1.02 bits per heavy atom. The van der Waals surface area contributed by atoms with Crippen LogP contribution in [0, 0.1) is 5.82 Å². The third kappa shape index (κ3) is 9.27. The number of ether oxygens (including phenoxy) is 3. The van der Waals surface area contributed by atoms with E-state index >= 15 is 0 Å². The van der Waals surface area contributed by atoms with E-state index in [1.807, 2.05) is 32.6 Å². The minimum atomic E-state index is -4.40. The van der Waals surface area contributed by atoms with Crippen LogP contribution in [-0.4, -0.2) is 66.9 Å². The third-order valence-electron chi connectivity index (χ3n) is 8.28. The number of carbonyl (C=O) groups is 1. The molecule has 0 aliphatic heterocycles. The fourth-order valence-electron chi connectivity index (χ4n) is 5.70. The first-order chi connectivity index (χ1) is 22.8. The molecule has 262 valence electrons. The van der Waals surface area contributed by atoms with Gasteiger partial charge in [-0.3, -0.25) is 0 Å². The van der Waals surface area contributed by atoms with Gasteiger partial charge in [-0.25, -0.2) is 31.9 Å². The monoisotopic (exact) mass is 686 g/mol. The van der Waals surface area contributed by atoms with E-state index in [1.54, 1.807) is 18.2 Å². The van der Waals surface area contributed by atoms with Gasteiger partial charge in [0.2, 0.25) is 0 Å². The lowest BCUT2D eigenvalue weighted by Gasteiger charge is -2.34. The lowest BCUT2D eigenvalue weighted by atomic mass is 9.94. The predicted molar refractivity (Wildman–Crippen MR) is 180 cm³/mol. The van der Waals surface area contributed by atoms with Gasteiger partial charge in [0.25, 0.3) is 10.0 Å². The zero-order valence-electron chi connectivity index (χ0n) is 28.6. The van der Waals surface area contributed by atoms with Crippen LogP contribution in [0.4, 0.5) is 15.0 Å². The number of phenols is 1. The van der Waals surface area contributed by atoms with E-state index in [4.69, 9.17) is 14.2 Å². The zero-order chi connectivity index (χ0) is 35.1. The fourth-order valence-corrected chi connectivity index (χ4v) is 7.19. The van der Waals surface area contributed by atoms with Crippen LogP contribution in [0.3, 0.4) is 0 Å². The molecule has 0 radical (unpaired) electrons. The Morgan fingerprint density at radius 3 is 2.29 bits per heavy atom. The van der Waals surface area contributed by atoms with Gasteiger partial charge >= 0.3 is 6.09 Å². The molecular weight excluding hydrogens is 639 g/mol. The van der Waals surface area contributed by atoms with Gasteiger partial charge in [-0.05, 0) is 83.1 Å². The van der Waals surface area contributed by atoms with Gasteiger partial charge < -0.3 is 24.2 Å². The number of methoxy groups -OCH3 is 2. The lowest BCUT2D eigenvalue weighted by molar-refractivity contribution is 0.0135. The highest BCUT2D eigenvalue weighted by molar-refractivity contribution is 7.92. The largest absolute Gasteiger partial charge is 0.508 e. The molecule has 0 bridgehead atoms. The van der Waals surface area contributed by atoms with Crippen molar-refractivity contribution in [1.82, 2.24) is 14.9 Å². The van der Waals surface area contributed by atoms with Crippen molar-refractivity contribution in [2.75, 3.05) is 25.1 Å². The summed E-state index contributed by atoms with van der Waals surface area (Å²) in [5.74, 6) is -0.233. The van der Waals surface area contributed by atoms with Crippen molar-refractivity contribution in [2.45, 2.75) is 102 Å². The van der Waals surface area contributed by atoms with Gasteiger partial charge in [0.1, 0.15) is 45.7 Å². The first-order valence-corrected chi connectivity index (χ1v) is 17.7. The Balaban J connectivity index is 0.000000274. The Labute approximate surface area is 283 Å². The highest BCUT2D eigenvalue weighted by Gasteiger charge is 2.34. The van der Waals surface area contributed by atoms with Crippen molar-refractivity contribution in [3.8, 4) is 17.2 Å². The summed E-state index contributed by atoms with van der Waals surface area (Å²) < 4.78 is 59.2. The summed E-state index contributed by atoms with van der Waals surface area (Å²) >= 11 is 0. The summed E-state index contributed by atoms with van der Waals surface area (Å²) in [4.78, 5) is 21.3. The summed E-state index contributed by atoms with van der Waals surface area (Å²) in [5.41, 5.74) is 0.561. The number of sulfonamides is 1. The van der Waals surface area contributed by atoms with Crippen LogP contribution in [0.1, 0.15) is 89.7 Å². The number of carbonyl (C=O) groups excluding carboxylic acids is 1. The normalized spacial score (nSPS) is 15.1. The number of anilines is 1. The van der Waals surface area contributed by atoms with Gasteiger partial charge in [-0.15, -0.1) is 0 Å². The minimum absolute atomic E-state index is 0.0266. The standard InChI is InChI=1S/C22H22FN3O5S.C13H25NO2/c1-30-16-6-5-15(20(9-16)31-2)12-26(22-7-8-24-13-25-22)32(28,29)21-10-17(14-3-4-14)19(27)11-18(21)23;1-5-14(11-9-7-6-8-10-11)12(15)16-13(2,3)4/h5-11,13-14,27H,3-4,12H2,1-2H3;11H,5-10H2,1-4H3. The molecule has 11 nitrogen and oxygen atoms in total. The molecule has 0 atom stereocenters.